The molecule has 1 aromatic rings. The average molecular weight is 273 g/mol. The van der Waals surface area contributed by atoms with E-state index in [-0.39, 0.29) is 12.5 Å². The van der Waals surface area contributed by atoms with E-state index in [9.17, 15) is 18.7 Å². The van der Waals surface area contributed by atoms with Gasteiger partial charge in [-0.15, -0.1) is 0 Å². The lowest BCUT2D eigenvalue weighted by Crippen LogP contribution is -2.30. The fourth-order valence-electron chi connectivity index (χ4n) is 1.81. The molecule has 0 saturated heterocycles. The molecule has 0 bridgehead atoms. The van der Waals surface area contributed by atoms with E-state index >= 15 is 0 Å². The van der Waals surface area contributed by atoms with Crippen LogP contribution in [0.2, 0.25) is 0 Å². The van der Waals surface area contributed by atoms with Gasteiger partial charge in [-0.05, 0) is 19.3 Å². The fourth-order valence-corrected chi connectivity index (χ4v) is 1.81. The van der Waals surface area contributed by atoms with Crippen LogP contribution in [0.4, 0.5) is 8.78 Å². The SMILES string of the molecule is CC(O)CC(C)CNC(=O)c1c(O)cc(F)cc1F. The maximum absolute atomic E-state index is 13.4. The highest BCUT2D eigenvalue weighted by Gasteiger charge is 2.19. The number of nitrogens with one attached hydrogen (secondary N) is 1. The van der Waals surface area contributed by atoms with Gasteiger partial charge in [-0.3, -0.25) is 4.79 Å². The van der Waals surface area contributed by atoms with Gasteiger partial charge in [-0.2, -0.15) is 0 Å². The van der Waals surface area contributed by atoms with Crippen LogP contribution in [0.1, 0.15) is 30.6 Å². The summed E-state index contributed by atoms with van der Waals surface area (Å²) >= 11 is 0. The zero-order chi connectivity index (χ0) is 14.6. The molecule has 0 radical (unpaired) electrons. The Morgan fingerprint density at radius 1 is 1.37 bits per heavy atom. The first kappa shape index (κ1) is 15.4. The number of halogens is 2. The number of phenolic OH excluding ortho intramolecular Hbond substituents is 1. The van der Waals surface area contributed by atoms with E-state index in [1.807, 2.05) is 6.92 Å². The number of benzene rings is 1. The van der Waals surface area contributed by atoms with Crippen LogP contribution in [0.5, 0.6) is 5.75 Å². The fraction of sp³-hybridized carbons (Fsp3) is 0.462. The predicted molar refractivity (Wildman–Crippen MR) is 65.8 cm³/mol. The first-order valence-electron chi connectivity index (χ1n) is 5.95. The number of aromatic hydroxyl groups is 1. The van der Waals surface area contributed by atoms with Crippen molar-refractivity contribution in [2.75, 3.05) is 6.54 Å². The molecule has 106 valence electrons. The number of hydrogen-bond acceptors (Lipinski definition) is 3. The van der Waals surface area contributed by atoms with Gasteiger partial charge in [0.05, 0.1) is 6.10 Å². The molecule has 2 unspecified atom stereocenters. The second-order valence-corrected chi connectivity index (χ2v) is 4.68. The van der Waals surface area contributed by atoms with Crippen molar-refractivity contribution >= 4 is 5.91 Å². The van der Waals surface area contributed by atoms with Gasteiger partial charge in [0.1, 0.15) is 22.9 Å². The summed E-state index contributed by atoms with van der Waals surface area (Å²) in [6.45, 7) is 3.66. The molecule has 0 saturated carbocycles. The van der Waals surface area contributed by atoms with Crippen molar-refractivity contribution in [1.29, 1.82) is 0 Å². The van der Waals surface area contributed by atoms with Gasteiger partial charge in [0.2, 0.25) is 0 Å². The molecule has 4 nitrogen and oxygen atoms in total. The molecule has 0 aromatic heterocycles. The average Bonchev–Trinajstić information content (AvgIpc) is 2.23. The third-order valence-corrected chi connectivity index (χ3v) is 2.62. The summed E-state index contributed by atoms with van der Waals surface area (Å²) in [6.07, 6.45) is -0.0131. The zero-order valence-corrected chi connectivity index (χ0v) is 10.8. The zero-order valence-electron chi connectivity index (χ0n) is 10.8. The molecule has 0 heterocycles. The second kappa shape index (κ2) is 6.47. The van der Waals surface area contributed by atoms with Crippen molar-refractivity contribution < 1.29 is 23.8 Å². The number of hydrogen-bond donors (Lipinski definition) is 3. The molecule has 1 amide bonds. The molecule has 2 atom stereocenters. The van der Waals surface area contributed by atoms with Gasteiger partial charge in [0.15, 0.2) is 0 Å². The van der Waals surface area contributed by atoms with E-state index in [1.54, 1.807) is 6.92 Å². The minimum absolute atomic E-state index is 0.00500. The summed E-state index contributed by atoms with van der Waals surface area (Å²) in [7, 11) is 0. The summed E-state index contributed by atoms with van der Waals surface area (Å²) in [4.78, 5) is 11.7. The van der Waals surface area contributed by atoms with Gasteiger partial charge in [-0.25, -0.2) is 8.78 Å². The molecule has 1 aromatic carbocycles. The Bertz CT molecular complexity index is 440. The maximum atomic E-state index is 13.4. The molecular weight excluding hydrogens is 256 g/mol. The van der Waals surface area contributed by atoms with Crippen LogP contribution in [0, 0.1) is 17.6 Å². The van der Waals surface area contributed by atoms with E-state index in [0.29, 0.717) is 18.6 Å². The molecular formula is C13H17F2NO3. The smallest absolute Gasteiger partial charge is 0.258 e. The molecule has 0 fully saturated rings. The lowest BCUT2D eigenvalue weighted by Gasteiger charge is -2.14. The molecule has 6 heteroatoms. The first-order chi connectivity index (χ1) is 8.81. The van der Waals surface area contributed by atoms with Crippen molar-refractivity contribution in [2.45, 2.75) is 26.4 Å². The lowest BCUT2D eigenvalue weighted by atomic mass is 10.0. The minimum Gasteiger partial charge on any atom is -0.507 e. The Hall–Kier alpha value is -1.69. The highest BCUT2D eigenvalue weighted by Crippen LogP contribution is 2.21. The Kier molecular flexibility index (Phi) is 5.23. The Morgan fingerprint density at radius 3 is 2.53 bits per heavy atom. The van der Waals surface area contributed by atoms with E-state index < -0.39 is 35.0 Å². The lowest BCUT2D eigenvalue weighted by molar-refractivity contribution is 0.0932. The quantitative estimate of drug-likeness (QED) is 0.766. The van der Waals surface area contributed by atoms with E-state index in [1.165, 1.54) is 0 Å². The first-order valence-corrected chi connectivity index (χ1v) is 5.95. The Morgan fingerprint density at radius 2 is 2.00 bits per heavy atom. The molecule has 0 aliphatic rings. The van der Waals surface area contributed by atoms with Gasteiger partial charge >= 0.3 is 0 Å². The van der Waals surface area contributed by atoms with Crippen LogP contribution in [0.25, 0.3) is 0 Å². The summed E-state index contributed by atoms with van der Waals surface area (Å²) in [5, 5.41) is 21.0. The van der Waals surface area contributed by atoms with Gasteiger partial charge < -0.3 is 15.5 Å². The van der Waals surface area contributed by atoms with E-state index in [4.69, 9.17) is 5.11 Å². The van der Waals surface area contributed by atoms with Gasteiger partial charge in [0.25, 0.3) is 5.91 Å². The van der Waals surface area contributed by atoms with Crippen LogP contribution in [0.3, 0.4) is 0 Å². The molecule has 1 rings (SSSR count). The van der Waals surface area contributed by atoms with Gasteiger partial charge in [0, 0.05) is 18.7 Å². The summed E-state index contributed by atoms with van der Waals surface area (Å²) in [5.41, 5.74) is -0.578. The third-order valence-electron chi connectivity index (χ3n) is 2.62. The van der Waals surface area contributed by atoms with Crippen molar-refractivity contribution in [3.8, 4) is 5.75 Å². The highest BCUT2D eigenvalue weighted by molar-refractivity contribution is 5.97. The predicted octanol–water partition coefficient (Wildman–Crippen LogP) is 1.81. The van der Waals surface area contributed by atoms with E-state index in [0.717, 1.165) is 0 Å². The maximum Gasteiger partial charge on any atom is 0.258 e. The standard InChI is InChI=1S/C13H17F2NO3/c1-7(3-8(2)17)6-16-13(19)12-10(15)4-9(14)5-11(12)18/h4-5,7-8,17-18H,3,6H2,1-2H3,(H,16,19). The van der Waals surface area contributed by atoms with Crippen molar-refractivity contribution in [2.24, 2.45) is 5.92 Å². The molecule has 19 heavy (non-hydrogen) atoms. The van der Waals surface area contributed by atoms with Crippen molar-refractivity contribution in [3.05, 3.63) is 29.3 Å². The molecule has 3 N–H and O–H groups in total. The number of amides is 1. The molecule has 0 spiro atoms. The normalized spacial score (nSPS) is 13.9. The summed E-state index contributed by atoms with van der Waals surface area (Å²) < 4.78 is 26.2. The molecule has 0 aliphatic heterocycles. The van der Waals surface area contributed by atoms with Crippen LogP contribution >= 0.6 is 0 Å². The van der Waals surface area contributed by atoms with Crippen LogP contribution < -0.4 is 5.32 Å². The summed E-state index contributed by atoms with van der Waals surface area (Å²) in [5.74, 6) is -3.62. The third kappa shape index (κ3) is 4.48. The van der Waals surface area contributed by atoms with Crippen LogP contribution in [-0.4, -0.2) is 28.8 Å². The highest BCUT2D eigenvalue weighted by atomic mass is 19.1. The number of aliphatic hydroxyl groups excluding tert-OH is 1. The van der Waals surface area contributed by atoms with Gasteiger partial charge in [-0.1, -0.05) is 6.92 Å². The van der Waals surface area contributed by atoms with Crippen molar-refractivity contribution in [3.63, 3.8) is 0 Å². The summed E-state index contributed by atoms with van der Waals surface area (Å²) in [6, 6.07) is 1.21. The van der Waals surface area contributed by atoms with Crippen molar-refractivity contribution in [1.82, 2.24) is 5.32 Å². The van der Waals surface area contributed by atoms with Crippen LogP contribution in [0.15, 0.2) is 12.1 Å². The Labute approximate surface area is 110 Å². The Balaban J connectivity index is 2.69. The number of carbonyl (C=O) groups is 1. The molecule has 0 aliphatic carbocycles. The van der Waals surface area contributed by atoms with Crippen LogP contribution in [-0.2, 0) is 0 Å². The number of rotatable bonds is 5. The minimum atomic E-state index is -1.11. The largest absolute Gasteiger partial charge is 0.507 e. The monoisotopic (exact) mass is 273 g/mol. The topological polar surface area (TPSA) is 69.6 Å². The number of carbonyl (C=O) groups excluding carboxylic acids is 1. The number of phenols is 1. The number of aliphatic hydroxyl groups is 1. The van der Waals surface area contributed by atoms with E-state index in [2.05, 4.69) is 5.32 Å². The second-order valence-electron chi connectivity index (χ2n) is 4.68.